The Morgan fingerprint density at radius 2 is 1.97 bits per heavy atom. The van der Waals surface area contributed by atoms with E-state index in [-0.39, 0.29) is 23.7 Å². The molecule has 0 saturated carbocycles. The molecular weight excluding hydrogens is 404 g/mol. The second-order valence-electron chi connectivity index (χ2n) is 7.59. The largest absolute Gasteiger partial charge is 0.364 e. The second-order valence-corrected chi connectivity index (χ2v) is 8.53. The van der Waals surface area contributed by atoms with E-state index >= 15 is 0 Å². The van der Waals surface area contributed by atoms with E-state index in [0.29, 0.717) is 37.0 Å². The van der Waals surface area contributed by atoms with Crippen LogP contribution in [0.25, 0.3) is 21.9 Å². The van der Waals surface area contributed by atoms with Crippen LogP contribution in [0.3, 0.4) is 0 Å². The number of piperidine rings is 1. The number of rotatable bonds is 5. The number of nitrogens with zero attached hydrogens (tertiary/aromatic N) is 5. The van der Waals surface area contributed by atoms with Crippen molar-refractivity contribution in [2.45, 2.75) is 39.8 Å². The average Bonchev–Trinajstić information content (AvgIpc) is 3.35. The zero-order valence-corrected chi connectivity index (χ0v) is 17.8. The van der Waals surface area contributed by atoms with E-state index in [1.807, 2.05) is 24.4 Å². The predicted molar refractivity (Wildman–Crippen MR) is 114 cm³/mol. The fourth-order valence-electron chi connectivity index (χ4n) is 3.82. The van der Waals surface area contributed by atoms with Crippen LogP contribution in [0.15, 0.2) is 22.3 Å². The van der Waals surface area contributed by atoms with Gasteiger partial charge in [-0.05, 0) is 37.1 Å². The molecule has 0 aromatic carbocycles. The highest BCUT2D eigenvalue weighted by atomic mass is 32.1. The zero-order valence-electron chi connectivity index (χ0n) is 17.0. The number of aromatic nitrogens is 4. The molecule has 158 valence electrons. The lowest BCUT2D eigenvalue weighted by Crippen LogP contribution is -2.41. The highest BCUT2D eigenvalue weighted by Gasteiger charge is 2.26. The van der Waals surface area contributed by atoms with Gasteiger partial charge in [0, 0.05) is 19.6 Å². The molecule has 1 aliphatic rings. The Morgan fingerprint density at radius 1 is 1.23 bits per heavy atom. The lowest BCUT2D eigenvalue weighted by molar-refractivity contribution is -0.133. The van der Waals surface area contributed by atoms with Gasteiger partial charge in [0.2, 0.25) is 5.91 Å². The van der Waals surface area contributed by atoms with Crippen LogP contribution >= 0.6 is 11.3 Å². The lowest BCUT2D eigenvalue weighted by atomic mass is 9.99. The molecule has 0 atom stereocenters. The van der Waals surface area contributed by atoms with Crippen LogP contribution < -0.4 is 11.4 Å². The Morgan fingerprint density at radius 3 is 2.57 bits per heavy atom. The van der Waals surface area contributed by atoms with E-state index < -0.39 is 11.6 Å². The van der Waals surface area contributed by atoms with Gasteiger partial charge in [0.05, 0.1) is 4.88 Å². The second kappa shape index (κ2) is 8.02. The summed E-state index contributed by atoms with van der Waals surface area (Å²) in [6, 6.07) is 3.69. The van der Waals surface area contributed by atoms with E-state index in [4.69, 9.17) is 5.73 Å². The molecule has 4 rings (SSSR count). The minimum atomic E-state index is -0.763. The number of hydrogen-bond acceptors (Lipinski definition) is 6. The van der Waals surface area contributed by atoms with Crippen molar-refractivity contribution >= 4 is 34.3 Å². The first-order valence-electron chi connectivity index (χ1n) is 10.0. The molecule has 0 bridgehead atoms. The summed E-state index contributed by atoms with van der Waals surface area (Å²) in [5.74, 6) is 0.00433. The number of imidazole rings is 1. The maximum atomic E-state index is 13.1. The fourth-order valence-corrected chi connectivity index (χ4v) is 4.48. The van der Waals surface area contributed by atoms with Crippen molar-refractivity contribution in [3.63, 3.8) is 0 Å². The first-order chi connectivity index (χ1) is 14.4. The summed E-state index contributed by atoms with van der Waals surface area (Å²) in [7, 11) is 0. The highest BCUT2D eigenvalue weighted by Crippen LogP contribution is 2.25. The SMILES string of the molecule is CCn1c(=O)n(CC(=O)N2CCC(C)CC2)c2c(C(N)=O)nc(-c3cccs3)nc21. The lowest BCUT2D eigenvalue weighted by Gasteiger charge is -2.30. The van der Waals surface area contributed by atoms with E-state index in [0.717, 1.165) is 17.7 Å². The van der Waals surface area contributed by atoms with Crippen LogP contribution in [0.4, 0.5) is 0 Å². The number of likely N-dealkylation sites (tertiary alicyclic amines) is 1. The standard InChI is InChI=1S/C20H24N6O3S/c1-3-25-19-16(15(17(21)28)22-18(23-19)13-5-4-10-30-13)26(20(25)29)11-14(27)24-8-6-12(2)7-9-24/h4-5,10,12H,3,6-9,11H2,1-2H3,(H2,21,28). The van der Waals surface area contributed by atoms with Gasteiger partial charge in [-0.25, -0.2) is 14.8 Å². The summed E-state index contributed by atoms with van der Waals surface area (Å²) >= 11 is 1.43. The van der Waals surface area contributed by atoms with Crippen LogP contribution in [0.5, 0.6) is 0 Å². The number of primary amides is 1. The first kappa shape index (κ1) is 20.3. The maximum Gasteiger partial charge on any atom is 0.330 e. The van der Waals surface area contributed by atoms with Gasteiger partial charge < -0.3 is 10.6 Å². The molecule has 0 radical (unpaired) electrons. The van der Waals surface area contributed by atoms with Crippen LogP contribution in [-0.2, 0) is 17.9 Å². The van der Waals surface area contributed by atoms with Gasteiger partial charge in [-0.3, -0.25) is 18.7 Å². The molecule has 0 unspecified atom stereocenters. The minimum Gasteiger partial charge on any atom is -0.364 e. The maximum absolute atomic E-state index is 13.1. The molecule has 0 aliphatic carbocycles. The molecule has 2 amide bonds. The number of fused-ring (bicyclic) bond motifs is 1. The van der Waals surface area contributed by atoms with E-state index in [9.17, 15) is 14.4 Å². The highest BCUT2D eigenvalue weighted by molar-refractivity contribution is 7.13. The number of nitrogens with two attached hydrogens (primary N) is 1. The van der Waals surface area contributed by atoms with Crippen molar-refractivity contribution in [1.29, 1.82) is 0 Å². The van der Waals surface area contributed by atoms with Crippen LogP contribution in [0.1, 0.15) is 37.2 Å². The summed E-state index contributed by atoms with van der Waals surface area (Å²) in [5, 5.41) is 1.88. The number of hydrogen-bond donors (Lipinski definition) is 1. The summed E-state index contributed by atoms with van der Waals surface area (Å²) in [6.45, 7) is 5.50. The number of amides is 2. The molecule has 1 saturated heterocycles. The Bertz CT molecular complexity index is 1160. The molecule has 1 fully saturated rings. The smallest absolute Gasteiger partial charge is 0.330 e. The van der Waals surface area contributed by atoms with E-state index in [1.165, 1.54) is 20.5 Å². The first-order valence-corrected chi connectivity index (χ1v) is 10.9. The molecule has 4 heterocycles. The van der Waals surface area contributed by atoms with Gasteiger partial charge in [-0.1, -0.05) is 13.0 Å². The van der Waals surface area contributed by atoms with Gasteiger partial charge in [-0.15, -0.1) is 11.3 Å². The van der Waals surface area contributed by atoms with Crippen molar-refractivity contribution in [3.8, 4) is 10.7 Å². The molecule has 0 spiro atoms. The van der Waals surface area contributed by atoms with E-state index in [2.05, 4.69) is 16.9 Å². The monoisotopic (exact) mass is 428 g/mol. The quantitative estimate of drug-likeness (QED) is 0.664. The average molecular weight is 429 g/mol. The Hall–Kier alpha value is -3.01. The third-order valence-corrected chi connectivity index (χ3v) is 6.44. The third-order valence-electron chi connectivity index (χ3n) is 5.57. The van der Waals surface area contributed by atoms with Gasteiger partial charge in [0.15, 0.2) is 17.2 Å². The minimum absolute atomic E-state index is 0.0484. The Labute approximate surface area is 177 Å². The normalized spacial score (nSPS) is 15.1. The molecule has 30 heavy (non-hydrogen) atoms. The molecule has 3 aromatic heterocycles. The van der Waals surface area contributed by atoms with Crippen LogP contribution in [0.2, 0.25) is 0 Å². The van der Waals surface area contributed by atoms with Gasteiger partial charge in [-0.2, -0.15) is 0 Å². The molecular formula is C20H24N6O3S. The molecule has 10 heteroatoms. The van der Waals surface area contributed by atoms with Gasteiger partial charge in [0.25, 0.3) is 5.91 Å². The summed E-state index contributed by atoms with van der Waals surface area (Å²) in [4.78, 5) is 49.7. The van der Waals surface area contributed by atoms with Crippen molar-refractivity contribution in [2.75, 3.05) is 13.1 Å². The zero-order chi connectivity index (χ0) is 21.4. The number of thiophene rings is 1. The van der Waals surface area contributed by atoms with Gasteiger partial charge in [0.1, 0.15) is 12.1 Å². The number of carbonyl (C=O) groups excluding carboxylic acids is 2. The number of carbonyl (C=O) groups is 2. The topological polar surface area (TPSA) is 116 Å². The molecule has 1 aliphatic heterocycles. The summed E-state index contributed by atoms with van der Waals surface area (Å²) in [5.41, 5.74) is 5.70. The van der Waals surface area contributed by atoms with E-state index in [1.54, 1.807) is 4.90 Å². The fraction of sp³-hybridized carbons (Fsp3) is 0.450. The third kappa shape index (κ3) is 3.51. The molecule has 2 N–H and O–H groups in total. The van der Waals surface area contributed by atoms with Crippen LogP contribution in [-0.4, -0.2) is 48.9 Å². The molecule has 9 nitrogen and oxygen atoms in total. The van der Waals surface area contributed by atoms with Crippen LogP contribution in [0, 0.1) is 5.92 Å². The van der Waals surface area contributed by atoms with Crippen molar-refractivity contribution < 1.29 is 9.59 Å². The summed E-state index contributed by atoms with van der Waals surface area (Å²) in [6.07, 6.45) is 1.88. The molecule has 3 aromatic rings. The predicted octanol–water partition coefficient (Wildman–Crippen LogP) is 1.70. The van der Waals surface area contributed by atoms with Gasteiger partial charge >= 0.3 is 5.69 Å². The van der Waals surface area contributed by atoms with Crippen molar-refractivity contribution in [3.05, 3.63) is 33.7 Å². The van der Waals surface area contributed by atoms with Crippen molar-refractivity contribution in [2.24, 2.45) is 11.7 Å². The Balaban J connectivity index is 1.83. The Kier molecular flexibility index (Phi) is 5.42. The van der Waals surface area contributed by atoms with Crippen molar-refractivity contribution in [1.82, 2.24) is 24.0 Å². The summed E-state index contributed by atoms with van der Waals surface area (Å²) < 4.78 is 2.74. The number of aryl methyl sites for hydroxylation is 1.